The molecule has 0 amide bonds. The lowest BCUT2D eigenvalue weighted by atomic mass is 9.82. The molecule has 0 atom stereocenters. The molecular weight excluding hydrogens is 212 g/mol. The summed E-state index contributed by atoms with van der Waals surface area (Å²) in [5.41, 5.74) is 3.08. The normalized spacial score (nSPS) is 18.4. The van der Waals surface area contributed by atoms with Gasteiger partial charge < -0.3 is 10.3 Å². The van der Waals surface area contributed by atoms with Crippen molar-refractivity contribution in [1.29, 1.82) is 0 Å². The fraction of sp³-hybridized carbons (Fsp3) is 0.615. The van der Waals surface area contributed by atoms with Gasteiger partial charge in [0.05, 0.1) is 0 Å². The SMILES string of the molecule is CCC1(CC)CCN(c2cccc(NN)n2)C1. The number of nitrogens with two attached hydrogens (primary N) is 1. The van der Waals surface area contributed by atoms with E-state index < -0.39 is 0 Å². The maximum absolute atomic E-state index is 5.39. The van der Waals surface area contributed by atoms with E-state index in [-0.39, 0.29) is 0 Å². The number of anilines is 2. The summed E-state index contributed by atoms with van der Waals surface area (Å²) in [6, 6.07) is 5.93. The van der Waals surface area contributed by atoms with Gasteiger partial charge in [-0.15, -0.1) is 0 Å². The largest absolute Gasteiger partial charge is 0.356 e. The Morgan fingerprint density at radius 2 is 2.18 bits per heavy atom. The fourth-order valence-electron chi connectivity index (χ4n) is 2.64. The molecule has 1 aromatic heterocycles. The maximum Gasteiger partial charge on any atom is 0.142 e. The highest BCUT2D eigenvalue weighted by Crippen LogP contribution is 2.38. The molecule has 3 N–H and O–H groups in total. The summed E-state index contributed by atoms with van der Waals surface area (Å²) in [5.74, 6) is 7.15. The van der Waals surface area contributed by atoms with Crippen LogP contribution in [0, 0.1) is 5.41 Å². The summed E-state index contributed by atoms with van der Waals surface area (Å²) in [6.45, 7) is 6.79. The smallest absolute Gasteiger partial charge is 0.142 e. The van der Waals surface area contributed by atoms with Gasteiger partial charge in [0, 0.05) is 13.1 Å². The number of hydrogen-bond acceptors (Lipinski definition) is 4. The first-order chi connectivity index (χ1) is 8.23. The van der Waals surface area contributed by atoms with Crippen LogP contribution in [0.5, 0.6) is 0 Å². The van der Waals surface area contributed by atoms with Crippen molar-refractivity contribution < 1.29 is 0 Å². The van der Waals surface area contributed by atoms with Gasteiger partial charge in [-0.05, 0) is 36.8 Å². The van der Waals surface area contributed by atoms with Crippen molar-refractivity contribution in [2.75, 3.05) is 23.4 Å². The van der Waals surface area contributed by atoms with E-state index in [0.717, 1.165) is 24.7 Å². The van der Waals surface area contributed by atoms with Crippen molar-refractivity contribution in [3.63, 3.8) is 0 Å². The Balaban J connectivity index is 2.14. The summed E-state index contributed by atoms with van der Waals surface area (Å²) in [5, 5.41) is 0. The molecule has 1 aromatic rings. The minimum atomic E-state index is 0.480. The lowest BCUT2D eigenvalue weighted by Gasteiger charge is -2.26. The van der Waals surface area contributed by atoms with E-state index in [1.165, 1.54) is 19.3 Å². The average Bonchev–Trinajstić information content (AvgIpc) is 2.84. The van der Waals surface area contributed by atoms with E-state index in [2.05, 4.69) is 35.2 Å². The van der Waals surface area contributed by atoms with Gasteiger partial charge in [0.1, 0.15) is 11.6 Å². The van der Waals surface area contributed by atoms with Crippen LogP contribution in [0.3, 0.4) is 0 Å². The molecular formula is C13H22N4. The molecule has 0 radical (unpaired) electrons. The Morgan fingerprint density at radius 3 is 2.76 bits per heavy atom. The molecule has 1 aliphatic rings. The summed E-state index contributed by atoms with van der Waals surface area (Å²) in [6.07, 6.45) is 3.76. The van der Waals surface area contributed by atoms with E-state index in [1.54, 1.807) is 0 Å². The molecule has 0 unspecified atom stereocenters. The van der Waals surface area contributed by atoms with Gasteiger partial charge in [-0.25, -0.2) is 10.8 Å². The van der Waals surface area contributed by atoms with E-state index in [1.807, 2.05) is 12.1 Å². The van der Waals surface area contributed by atoms with Crippen molar-refractivity contribution in [3.8, 4) is 0 Å². The third-order valence-corrected chi connectivity index (χ3v) is 4.14. The van der Waals surface area contributed by atoms with Crippen LogP contribution in [-0.2, 0) is 0 Å². The highest BCUT2D eigenvalue weighted by atomic mass is 15.3. The number of rotatable bonds is 4. The molecule has 1 fully saturated rings. The molecule has 17 heavy (non-hydrogen) atoms. The van der Waals surface area contributed by atoms with Gasteiger partial charge >= 0.3 is 0 Å². The Labute approximate surface area is 103 Å². The number of nitrogens with zero attached hydrogens (tertiary/aromatic N) is 2. The fourth-order valence-corrected chi connectivity index (χ4v) is 2.64. The second kappa shape index (κ2) is 4.92. The van der Waals surface area contributed by atoms with Crippen molar-refractivity contribution >= 4 is 11.6 Å². The zero-order valence-electron chi connectivity index (χ0n) is 10.7. The Bertz CT molecular complexity index is 373. The molecule has 2 rings (SSSR count). The molecule has 4 heteroatoms. The molecule has 0 spiro atoms. The first-order valence-corrected chi connectivity index (χ1v) is 6.41. The number of nitrogens with one attached hydrogen (secondary N) is 1. The predicted octanol–water partition coefficient (Wildman–Crippen LogP) is 2.38. The standard InChI is InChI=1S/C13H22N4/c1-3-13(4-2)8-9-17(10-13)12-7-5-6-11(15-12)16-14/h5-7H,3-4,8-10,14H2,1-2H3,(H,15,16). The molecule has 2 heterocycles. The van der Waals surface area contributed by atoms with Crippen molar-refractivity contribution in [2.24, 2.45) is 11.3 Å². The second-order valence-corrected chi connectivity index (χ2v) is 4.90. The molecule has 0 aliphatic carbocycles. The Kier molecular flexibility index (Phi) is 3.52. The summed E-state index contributed by atoms with van der Waals surface area (Å²) in [4.78, 5) is 6.87. The highest BCUT2D eigenvalue weighted by Gasteiger charge is 2.35. The maximum atomic E-state index is 5.39. The topological polar surface area (TPSA) is 54.2 Å². The van der Waals surface area contributed by atoms with Crippen molar-refractivity contribution in [2.45, 2.75) is 33.1 Å². The van der Waals surface area contributed by atoms with E-state index >= 15 is 0 Å². The van der Waals surface area contributed by atoms with Gasteiger partial charge in [0.15, 0.2) is 0 Å². The van der Waals surface area contributed by atoms with Gasteiger partial charge in [-0.1, -0.05) is 19.9 Å². The first kappa shape index (κ1) is 12.2. The van der Waals surface area contributed by atoms with Crippen molar-refractivity contribution in [1.82, 2.24) is 4.98 Å². The van der Waals surface area contributed by atoms with Gasteiger partial charge in [-0.2, -0.15) is 0 Å². The highest BCUT2D eigenvalue weighted by molar-refractivity contribution is 5.47. The molecule has 94 valence electrons. The lowest BCUT2D eigenvalue weighted by Crippen LogP contribution is -2.27. The second-order valence-electron chi connectivity index (χ2n) is 4.90. The van der Waals surface area contributed by atoms with E-state index in [0.29, 0.717) is 5.41 Å². The summed E-state index contributed by atoms with van der Waals surface area (Å²) in [7, 11) is 0. The van der Waals surface area contributed by atoms with Crippen LogP contribution >= 0.6 is 0 Å². The zero-order valence-corrected chi connectivity index (χ0v) is 10.7. The summed E-state index contributed by atoms with van der Waals surface area (Å²) >= 11 is 0. The zero-order chi connectivity index (χ0) is 12.3. The van der Waals surface area contributed by atoms with Crippen LogP contribution < -0.4 is 16.2 Å². The summed E-state index contributed by atoms with van der Waals surface area (Å²) < 4.78 is 0. The Morgan fingerprint density at radius 1 is 1.41 bits per heavy atom. The monoisotopic (exact) mass is 234 g/mol. The molecule has 4 nitrogen and oxygen atoms in total. The third-order valence-electron chi connectivity index (χ3n) is 4.14. The van der Waals surface area contributed by atoms with Crippen LogP contribution in [0.4, 0.5) is 11.6 Å². The number of pyridine rings is 1. The van der Waals surface area contributed by atoms with Gasteiger partial charge in [0.2, 0.25) is 0 Å². The van der Waals surface area contributed by atoms with Crippen LogP contribution in [0.2, 0.25) is 0 Å². The van der Waals surface area contributed by atoms with Crippen LogP contribution in [-0.4, -0.2) is 18.1 Å². The van der Waals surface area contributed by atoms with Crippen LogP contribution in [0.15, 0.2) is 18.2 Å². The number of hydrazine groups is 1. The third kappa shape index (κ3) is 2.36. The molecule has 0 bridgehead atoms. The minimum absolute atomic E-state index is 0.480. The van der Waals surface area contributed by atoms with E-state index in [9.17, 15) is 0 Å². The lowest BCUT2D eigenvalue weighted by molar-refractivity contribution is 0.301. The molecule has 0 aromatic carbocycles. The average molecular weight is 234 g/mol. The number of nitrogen functional groups attached to an aromatic ring is 1. The van der Waals surface area contributed by atoms with Gasteiger partial charge in [0.25, 0.3) is 0 Å². The number of aromatic nitrogens is 1. The van der Waals surface area contributed by atoms with Gasteiger partial charge in [-0.3, -0.25) is 0 Å². The molecule has 0 saturated carbocycles. The quantitative estimate of drug-likeness (QED) is 0.620. The first-order valence-electron chi connectivity index (χ1n) is 6.41. The molecule has 1 saturated heterocycles. The minimum Gasteiger partial charge on any atom is -0.356 e. The van der Waals surface area contributed by atoms with Crippen LogP contribution in [0.25, 0.3) is 0 Å². The molecule has 1 aliphatic heterocycles. The predicted molar refractivity (Wildman–Crippen MR) is 71.9 cm³/mol. The van der Waals surface area contributed by atoms with E-state index in [4.69, 9.17) is 5.84 Å². The van der Waals surface area contributed by atoms with Crippen molar-refractivity contribution in [3.05, 3.63) is 18.2 Å². The van der Waals surface area contributed by atoms with Crippen LogP contribution in [0.1, 0.15) is 33.1 Å². The number of hydrogen-bond donors (Lipinski definition) is 2. The Hall–Kier alpha value is -1.29.